The van der Waals surface area contributed by atoms with Crippen molar-refractivity contribution in [2.24, 2.45) is 0 Å². The Morgan fingerprint density at radius 3 is 2.78 bits per heavy atom. The average Bonchev–Trinajstić information content (AvgIpc) is 2.31. The number of benzene rings is 1. The number of carboxylic acid groups (broad SMARTS) is 1. The number of hydrogen-bond donors (Lipinski definition) is 3. The summed E-state index contributed by atoms with van der Waals surface area (Å²) in [6.07, 6.45) is 0. The second-order valence-corrected chi connectivity index (χ2v) is 3.77. The van der Waals surface area contributed by atoms with Crippen LogP contribution in [0, 0.1) is 0 Å². The van der Waals surface area contributed by atoms with Crippen LogP contribution in [0.3, 0.4) is 0 Å². The summed E-state index contributed by atoms with van der Waals surface area (Å²) in [5.74, 6) is -1.60. The highest BCUT2D eigenvalue weighted by molar-refractivity contribution is 6.33. The molecule has 0 aliphatic heterocycles. The molecule has 6 nitrogen and oxygen atoms in total. The molecule has 0 aromatic heterocycles. The third-order valence-corrected chi connectivity index (χ3v) is 2.28. The van der Waals surface area contributed by atoms with Crippen molar-refractivity contribution in [3.05, 3.63) is 28.8 Å². The summed E-state index contributed by atoms with van der Waals surface area (Å²) in [6, 6.07) is 4.03. The molecule has 7 heteroatoms. The molecule has 0 fully saturated rings. The predicted octanol–water partition coefficient (Wildman–Crippen LogP) is 0.877. The quantitative estimate of drug-likeness (QED) is 0.669. The van der Waals surface area contributed by atoms with Gasteiger partial charge < -0.3 is 20.3 Å². The third-order valence-electron chi connectivity index (χ3n) is 1.95. The first-order chi connectivity index (χ1) is 8.50. The summed E-state index contributed by atoms with van der Waals surface area (Å²) in [5, 5.41) is 20.2. The lowest BCUT2D eigenvalue weighted by molar-refractivity contribution is -0.142. The first-order valence-corrected chi connectivity index (χ1v) is 5.44. The molecule has 1 amide bonds. The van der Waals surface area contributed by atoms with Crippen molar-refractivity contribution in [1.82, 2.24) is 5.32 Å². The zero-order valence-corrected chi connectivity index (χ0v) is 10.1. The molecular formula is C11H12ClNO5. The SMILES string of the molecule is O=C(O)COCCNC(=O)c1cc(O)ccc1Cl. The predicted molar refractivity (Wildman–Crippen MR) is 63.9 cm³/mol. The van der Waals surface area contributed by atoms with Gasteiger partial charge >= 0.3 is 5.97 Å². The molecule has 98 valence electrons. The highest BCUT2D eigenvalue weighted by atomic mass is 35.5. The zero-order chi connectivity index (χ0) is 13.5. The Balaban J connectivity index is 2.41. The Morgan fingerprint density at radius 1 is 1.39 bits per heavy atom. The van der Waals surface area contributed by atoms with Crippen LogP contribution in [0.25, 0.3) is 0 Å². The molecule has 3 N–H and O–H groups in total. The number of carbonyl (C=O) groups excluding carboxylic acids is 1. The molecule has 0 radical (unpaired) electrons. The number of amides is 1. The van der Waals surface area contributed by atoms with Gasteiger partial charge in [-0.3, -0.25) is 4.79 Å². The monoisotopic (exact) mass is 273 g/mol. The van der Waals surface area contributed by atoms with Crippen molar-refractivity contribution in [3.8, 4) is 5.75 Å². The maximum atomic E-state index is 11.6. The molecule has 1 aromatic rings. The first-order valence-electron chi connectivity index (χ1n) is 5.07. The summed E-state index contributed by atoms with van der Waals surface area (Å²) < 4.78 is 4.74. The minimum atomic E-state index is -1.07. The summed E-state index contributed by atoms with van der Waals surface area (Å²) in [5.41, 5.74) is 0.148. The van der Waals surface area contributed by atoms with Gasteiger partial charge in [0, 0.05) is 6.54 Å². The molecule has 0 heterocycles. The van der Waals surface area contributed by atoms with Gasteiger partial charge in [-0.25, -0.2) is 4.79 Å². The number of halogens is 1. The number of phenols is 1. The maximum Gasteiger partial charge on any atom is 0.329 e. The van der Waals surface area contributed by atoms with Crippen molar-refractivity contribution in [3.63, 3.8) is 0 Å². The highest BCUT2D eigenvalue weighted by Gasteiger charge is 2.10. The van der Waals surface area contributed by atoms with E-state index in [1.54, 1.807) is 0 Å². The molecule has 1 aromatic carbocycles. The van der Waals surface area contributed by atoms with Crippen molar-refractivity contribution in [2.45, 2.75) is 0 Å². The molecule has 0 saturated heterocycles. The van der Waals surface area contributed by atoms with E-state index in [1.165, 1.54) is 18.2 Å². The van der Waals surface area contributed by atoms with Crippen LogP contribution >= 0.6 is 11.6 Å². The Hall–Kier alpha value is -1.79. The molecule has 0 aliphatic carbocycles. The zero-order valence-electron chi connectivity index (χ0n) is 9.35. The van der Waals surface area contributed by atoms with E-state index in [4.69, 9.17) is 21.4 Å². The van der Waals surface area contributed by atoms with E-state index in [9.17, 15) is 14.7 Å². The van der Waals surface area contributed by atoms with Crippen molar-refractivity contribution < 1.29 is 24.5 Å². The van der Waals surface area contributed by atoms with E-state index in [0.29, 0.717) is 0 Å². The van der Waals surface area contributed by atoms with Gasteiger partial charge in [-0.1, -0.05) is 11.6 Å². The molecule has 0 saturated carbocycles. The Labute approximate surface area is 108 Å². The van der Waals surface area contributed by atoms with Crippen LogP contribution in [0.2, 0.25) is 5.02 Å². The number of nitrogens with one attached hydrogen (secondary N) is 1. The smallest absolute Gasteiger partial charge is 0.329 e. The van der Waals surface area contributed by atoms with Crippen LogP contribution in [-0.2, 0) is 9.53 Å². The summed E-state index contributed by atoms with van der Waals surface area (Å²) in [4.78, 5) is 21.8. The topological polar surface area (TPSA) is 95.9 Å². The maximum absolute atomic E-state index is 11.6. The number of aliphatic carboxylic acids is 1. The molecule has 1 rings (SSSR count). The van der Waals surface area contributed by atoms with Gasteiger partial charge in [0.1, 0.15) is 12.4 Å². The second kappa shape index (κ2) is 6.83. The Kier molecular flexibility index (Phi) is 5.41. The van der Waals surface area contributed by atoms with E-state index in [0.717, 1.165) is 0 Å². The van der Waals surface area contributed by atoms with E-state index in [-0.39, 0.29) is 29.5 Å². The first kappa shape index (κ1) is 14.3. The minimum Gasteiger partial charge on any atom is -0.508 e. The van der Waals surface area contributed by atoms with Crippen LogP contribution < -0.4 is 5.32 Å². The van der Waals surface area contributed by atoms with Gasteiger partial charge in [-0.2, -0.15) is 0 Å². The summed E-state index contributed by atoms with van der Waals surface area (Å²) in [6.45, 7) is -0.185. The molecule has 0 aliphatic rings. The molecule has 18 heavy (non-hydrogen) atoms. The van der Waals surface area contributed by atoms with Gasteiger partial charge in [0.05, 0.1) is 17.2 Å². The number of aromatic hydroxyl groups is 1. The number of ether oxygens (including phenoxy) is 1. The standard InChI is InChI=1S/C11H12ClNO5/c12-9-2-1-7(14)5-8(9)11(17)13-3-4-18-6-10(15)16/h1-2,5,14H,3-4,6H2,(H,13,17)(H,15,16). The van der Waals surface area contributed by atoms with Crippen molar-refractivity contribution >= 4 is 23.5 Å². The van der Waals surface area contributed by atoms with E-state index in [1.807, 2.05) is 0 Å². The number of rotatable bonds is 6. The van der Waals surface area contributed by atoms with Crippen LogP contribution in [0.5, 0.6) is 5.75 Å². The van der Waals surface area contributed by atoms with Gasteiger partial charge in [0.15, 0.2) is 0 Å². The lowest BCUT2D eigenvalue weighted by Crippen LogP contribution is -2.28. The largest absolute Gasteiger partial charge is 0.508 e. The van der Waals surface area contributed by atoms with E-state index in [2.05, 4.69) is 5.32 Å². The molecule has 0 spiro atoms. The summed E-state index contributed by atoms with van der Waals surface area (Å²) >= 11 is 5.79. The average molecular weight is 274 g/mol. The fourth-order valence-electron chi connectivity index (χ4n) is 1.18. The van der Waals surface area contributed by atoms with Crippen LogP contribution in [0.4, 0.5) is 0 Å². The Morgan fingerprint density at radius 2 is 2.11 bits per heavy atom. The highest BCUT2D eigenvalue weighted by Crippen LogP contribution is 2.20. The normalized spacial score (nSPS) is 10.1. The van der Waals surface area contributed by atoms with Gasteiger partial charge in [0.2, 0.25) is 0 Å². The van der Waals surface area contributed by atoms with Gasteiger partial charge in [-0.05, 0) is 18.2 Å². The third kappa shape index (κ3) is 4.60. The molecular weight excluding hydrogens is 262 g/mol. The minimum absolute atomic E-state index is 0.0633. The van der Waals surface area contributed by atoms with Crippen LogP contribution in [0.1, 0.15) is 10.4 Å². The Bertz CT molecular complexity index is 449. The number of phenolic OH excluding ortho intramolecular Hbond substituents is 1. The van der Waals surface area contributed by atoms with E-state index < -0.39 is 18.5 Å². The fourth-order valence-corrected chi connectivity index (χ4v) is 1.38. The number of carboxylic acids is 1. The fraction of sp³-hybridized carbons (Fsp3) is 0.273. The van der Waals surface area contributed by atoms with Crippen LogP contribution in [-0.4, -0.2) is 41.8 Å². The lowest BCUT2D eigenvalue weighted by atomic mass is 10.2. The molecule has 0 unspecified atom stereocenters. The molecule has 0 atom stereocenters. The van der Waals surface area contributed by atoms with Crippen molar-refractivity contribution in [1.29, 1.82) is 0 Å². The van der Waals surface area contributed by atoms with Gasteiger partial charge in [-0.15, -0.1) is 0 Å². The molecule has 0 bridgehead atoms. The van der Waals surface area contributed by atoms with Gasteiger partial charge in [0.25, 0.3) is 5.91 Å². The van der Waals surface area contributed by atoms with Crippen LogP contribution in [0.15, 0.2) is 18.2 Å². The van der Waals surface area contributed by atoms with E-state index >= 15 is 0 Å². The summed E-state index contributed by atoms with van der Waals surface area (Å²) in [7, 11) is 0. The lowest BCUT2D eigenvalue weighted by Gasteiger charge is -2.07. The number of hydrogen-bond acceptors (Lipinski definition) is 4. The van der Waals surface area contributed by atoms with Crippen molar-refractivity contribution in [2.75, 3.05) is 19.8 Å². The second-order valence-electron chi connectivity index (χ2n) is 3.37. The number of carbonyl (C=O) groups is 2.